The van der Waals surface area contributed by atoms with Gasteiger partial charge in [-0.2, -0.15) is 0 Å². The summed E-state index contributed by atoms with van der Waals surface area (Å²) in [5.74, 6) is 0.485. The molecule has 0 saturated carbocycles. The Labute approximate surface area is 109 Å². The number of rotatable bonds is 6. The predicted octanol–water partition coefficient (Wildman–Crippen LogP) is 2.00. The Morgan fingerprint density at radius 3 is 2.50 bits per heavy atom. The van der Waals surface area contributed by atoms with Crippen molar-refractivity contribution in [2.24, 2.45) is 5.73 Å². The van der Waals surface area contributed by atoms with Gasteiger partial charge in [-0.15, -0.1) is 0 Å². The number of hydrogen-bond acceptors (Lipinski definition) is 3. The fraction of sp³-hybridized carbons (Fsp3) is 0.500. The van der Waals surface area contributed by atoms with E-state index in [0.29, 0.717) is 0 Å². The smallest absolute Gasteiger partial charge is 0.234 e. The molecule has 0 radical (unpaired) electrons. The molecule has 0 aromatic heterocycles. The highest BCUT2D eigenvalue weighted by molar-refractivity contribution is 5.79. The van der Waals surface area contributed by atoms with Gasteiger partial charge in [0.2, 0.25) is 5.91 Å². The van der Waals surface area contributed by atoms with Gasteiger partial charge in [-0.3, -0.25) is 10.1 Å². The van der Waals surface area contributed by atoms with E-state index in [-0.39, 0.29) is 24.1 Å². The molecule has 0 aliphatic rings. The molecule has 0 aliphatic heterocycles. The van der Waals surface area contributed by atoms with Crippen molar-refractivity contribution in [3.05, 3.63) is 29.8 Å². The number of primary amides is 1. The lowest BCUT2D eigenvalue weighted by molar-refractivity contribution is -0.119. The summed E-state index contributed by atoms with van der Waals surface area (Å²) in [7, 11) is 0. The van der Waals surface area contributed by atoms with Crippen molar-refractivity contribution in [3.63, 3.8) is 0 Å². The highest BCUT2D eigenvalue weighted by atomic mass is 16.5. The molecule has 1 rings (SSSR count). The van der Waals surface area contributed by atoms with Gasteiger partial charge in [0.05, 0.1) is 12.1 Å². The van der Waals surface area contributed by atoms with E-state index in [2.05, 4.69) is 5.32 Å². The van der Waals surface area contributed by atoms with Crippen LogP contribution in [0.15, 0.2) is 24.3 Å². The van der Waals surface area contributed by atoms with Crippen LogP contribution in [0.25, 0.3) is 0 Å². The first-order valence-electron chi connectivity index (χ1n) is 6.22. The Hall–Kier alpha value is -1.55. The van der Waals surface area contributed by atoms with Crippen LogP contribution in [0, 0.1) is 0 Å². The Morgan fingerprint density at radius 1 is 1.28 bits per heavy atom. The van der Waals surface area contributed by atoms with E-state index in [9.17, 15) is 4.79 Å². The van der Waals surface area contributed by atoms with Gasteiger partial charge in [-0.1, -0.05) is 12.1 Å². The first-order valence-corrected chi connectivity index (χ1v) is 6.22. The van der Waals surface area contributed by atoms with E-state index in [0.717, 1.165) is 11.3 Å². The van der Waals surface area contributed by atoms with Gasteiger partial charge in [0, 0.05) is 6.04 Å². The molecule has 18 heavy (non-hydrogen) atoms. The molecule has 1 amide bonds. The van der Waals surface area contributed by atoms with Crippen LogP contribution >= 0.6 is 0 Å². The number of hydrogen-bond donors (Lipinski definition) is 2. The maximum Gasteiger partial charge on any atom is 0.234 e. The predicted molar refractivity (Wildman–Crippen MR) is 72.4 cm³/mol. The fourth-order valence-corrected chi connectivity index (χ4v) is 1.68. The third-order valence-corrected chi connectivity index (χ3v) is 2.66. The first kappa shape index (κ1) is 14.5. The van der Waals surface area contributed by atoms with Gasteiger partial charge in [-0.25, -0.2) is 0 Å². The van der Waals surface area contributed by atoms with E-state index in [1.807, 2.05) is 45.0 Å². The zero-order valence-electron chi connectivity index (χ0n) is 11.4. The van der Waals surface area contributed by atoms with Crippen molar-refractivity contribution in [3.8, 4) is 5.75 Å². The van der Waals surface area contributed by atoms with Gasteiger partial charge in [0.15, 0.2) is 0 Å². The van der Waals surface area contributed by atoms with Crippen LogP contribution in [0.2, 0.25) is 0 Å². The Bertz CT molecular complexity index is 405. The number of nitrogens with two attached hydrogens (primary N) is 1. The molecule has 0 spiro atoms. The minimum absolute atomic E-state index is 0.0446. The van der Waals surface area contributed by atoms with Crippen molar-refractivity contribution < 1.29 is 9.53 Å². The Morgan fingerprint density at radius 2 is 1.94 bits per heavy atom. The molecule has 2 atom stereocenters. The van der Waals surface area contributed by atoms with Crippen LogP contribution in [0.4, 0.5) is 0 Å². The molecule has 3 N–H and O–H groups in total. The Kier molecular flexibility index (Phi) is 5.16. The summed E-state index contributed by atoms with van der Waals surface area (Å²) in [5, 5.41) is 3.15. The third kappa shape index (κ3) is 4.37. The second kappa shape index (κ2) is 6.40. The largest absolute Gasteiger partial charge is 0.491 e. The normalized spacial score (nSPS) is 14.3. The standard InChI is InChI=1S/C14H22N2O2/c1-9(2)18-13-7-5-6-12(8-13)10(3)16-11(4)14(15)17/h5-11,16H,1-4H3,(H2,15,17)/t10-,11-/m1/s1. The lowest BCUT2D eigenvalue weighted by atomic mass is 10.1. The summed E-state index contributed by atoms with van der Waals surface area (Å²) in [4.78, 5) is 11.0. The van der Waals surface area contributed by atoms with Crippen LogP contribution in [-0.4, -0.2) is 18.1 Å². The summed E-state index contributed by atoms with van der Waals surface area (Å²) < 4.78 is 5.64. The van der Waals surface area contributed by atoms with Crippen molar-refractivity contribution >= 4 is 5.91 Å². The second-order valence-electron chi connectivity index (χ2n) is 4.75. The van der Waals surface area contributed by atoms with Crippen LogP contribution < -0.4 is 15.8 Å². The van der Waals surface area contributed by atoms with Gasteiger partial charge >= 0.3 is 0 Å². The zero-order chi connectivity index (χ0) is 13.7. The molecule has 0 fully saturated rings. The number of carbonyl (C=O) groups excluding carboxylic acids is 1. The van der Waals surface area contributed by atoms with Gasteiger partial charge in [0.25, 0.3) is 0 Å². The lowest BCUT2D eigenvalue weighted by Crippen LogP contribution is -2.39. The number of benzene rings is 1. The van der Waals surface area contributed by atoms with Crippen molar-refractivity contribution in [2.45, 2.75) is 45.9 Å². The molecule has 1 aromatic rings. The quantitative estimate of drug-likeness (QED) is 0.811. The molecular formula is C14H22N2O2. The molecule has 100 valence electrons. The Balaban J connectivity index is 2.73. The van der Waals surface area contributed by atoms with Gasteiger partial charge in [-0.05, 0) is 45.4 Å². The SMILES string of the molecule is CC(C)Oc1cccc([C@@H](C)N[C@H](C)C(N)=O)c1. The van der Waals surface area contributed by atoms with Crippen molar-refractivity contribution in [1.29, 1.82) is 0 Å². The second-order valence-corrected chi connectivity index (χ2v) is 4.75. The minimum Gasteiger partial charge on any atom is -0.491 e. The van der Waals surface area contributed by atoms with Crippen LogP contribution in [-0.2, 0) is 4.79 Å². The molecule has 0 heterocycles. The average Bonchev–Trinajstić information content (AvgIpc) is 2.28. The fourth-order valence-electron chi connectivity index (χ4n) is 1.68. The van der Waals surface area contributed by atoms with Crippen LogP contribution in [0.5, 0.6) is 5.75 Å². The summed E-state index contributed by atoms with van der Waals surface area (Å²) >= 11 is 0. The number of ether oxygens (including phenoxy) is 1. The van der Waals surface area contributed by atoms with E-state index in [1.165, 1.54) is 0 Å². The van der Waals surface area contributed by atoms with E-state index in [4.69, 9.17) is 10.5 Å². The van der Waals surface area contributed by atoms with E-state index >= 15 is 0 Å². The molecule has 4 heteroatoms. The molecule has 0 aliphatic carbocycles. The van der Waals surface area contributed by atoms with Crippen LogP contribution in [0.1, 0.15) is 39.3 Å². The molecular weight excluding hydrogens is 228 g/mol. The molecule has 4 nitrogen and oxygen atoms in total. The van der Waals surface area contributed by atoms with Gasteiger partial charge < -0.3 is 10.5 Å². The number of carbonyl (C=O) groups is 1. The summed E-state index contributed by atoms with van der Waals surface area (Å²) in [6.45, 7) is 7.73. The van der Waals surface area contributed by atoms with E-state index in [1.54, 1.807) is 6.92 Å². The minimum atomic E-state index is -0.352. The van der Waals surface area contributed by atoms with Crippen molar-refractivity contribution in [2.75, 3.05) is 0 Å². The topological polar surface area (TPSA) is 64.3 Å². The summed E-state index contributed by atoms with van der Waals surface area (Å²) in [5.41, 5.74) is 6.30. The molecule has 0 bridgehead atoms. The average molecular weight is 250 g/mol. The highest BCUT2D eigenvalue weighted by Crippen LogP contribution is 2.20. The first-order chi connectivity index (χ1) is 8.40. The monoisotopic (exact) mass is 250 g/mol. The molecule has 0 unspecified atom stereocenters. The molecule has 0 saturated heterocycles. The summed E-state index contributed by atoms with van der Waals surface area (Å²) in [6, 6.07) is 7.54. The zero-order valence-corrected chi connectivity index (χ0v) is 11.4. The van der Waals surface area contributed by atoms with Crippen molar-refractivity contribution in [1.82, 2.24) is 5.32 Å². The summed E-state index contributed by atoms with van der Waals surface area (Å²) in [6.07, 6.45) is 0.146. The maximum atomic E-state index is 11.0. The number of nitrogens with one attached hydrogen (secondary N) is 1. The van der Waals surface area contributed by atoms with Gasteiger partial charge in [0.1, 0.15) is 5.75 Å². The maximum absolute atomic E-state index is 11.0. The van der Waals surface area contributed by atoms with Crippen LogP contribution in [0.3, 0.4) is 0 Å². The number of amides is 1. The highest BCUT2D eigenvalue weighted by Gasteiger charge is 2.13. The molecule has 1 aromatic carbocycles. The van der Waals surface area contributed by atoms with E-state index < -0.39 is 0 Å². The third-order valence-electron chi connectivity index (χ3n) is 2.66. The lowest BCUT2D eigenvalue weighted by Gasteiger charge is -2.19.